The van der Waals surface area contributed by atoms with Crippen molar-refractivity contribution in [2.75, 3.05) is 13.1 Å². The van der Waals surface area contributed by atoms with E-state index in [1.165, 1.54) is 25.7 Å². The van der Waals surface area contributed by atoms with Crippen LogP contribution in [0, 0.1) is 11.8 Å². The first-order valence-electron chi connectivity index (χ1n) is 7.24. The molecule has 1 saturated carbocycles. The quantitative estimate of drug-likeness (QED) is 0.790. The van der Waals surface area contributed by atoms with E-state index in [9.17, 15) is 4.79 Å². The second-order valence-corrected chi connectivity index (χ2v) is 5.93. The van der Waals surface area contributed by atoms with Gasteiger partial charge in [0.25, 0.3) is 0 Å². The summed E-state index contributed by atoms with van der Waals surface area (Å²) in [6.45, 7) is 4.41. The molecule has 0 aromatic carbocycles. The highest BCUT2D eigenvalue weighted by Gasteiger charge is 2.22. The smallest absolute Gasteiger partial charge is 0.220 e. The highest BCUT2D eigenvalue weighted by atomic mass is 16.1. The Labute approximate surface area is 105 Å². The number of hydrogen-bond donors (Lipinski definition) is 2. The fourth-order valence-electron chi connectivity index (χ4n) is 3.26. The summed E-state index contributed by atoms with van der Waals surface area (Å²) < 4.78 is 0. The van der Waals surface area contributed by atoms with Crippen molar-refractivity contribution in [1.82, 2.24) is 10.6 Å². The molecule has 0 aromatic heterocycles. The molecule has 17 heavy (non-hydrogen) atoms. The van der Waals surface area contributed by atoms with E-state index in [0.29, 0.717) is 12.0 Å². The predicted octanol–water partition coefficient (Wildman–Crippen LogP) is 2.07. The SMILES string of the molecule is CC1CCCC(CC(=O)NC2CCNCC2)C1. The average molecular weight is 238 g/mol. The molecule has 2 aliphatic rings. The molecule has 3 nitrogen and oxygen atoms in total. The van der Waals surface area contributed by atoms with Crippen LogP contribution in [0.1, 0.15) is 51.9 Å². The summed E-state index contributed by atoms with van der Waals surface area (Å²) in [6, 6.07) is 0.421. The molecule has 2 fully saturated rings. The van der Waals surface area contributed by atoms with Gasteiger partial charge in [0.05, 0.1) is 0 Å². The second kappa shape index (κ2) is 6.39. The Bertz CT molecular complexity index is 249. The Hall–Kier alpha value is -0.570. The topological polar surface area (TPSA) is 41.1 Å². The molecule has 1 amide bonds. The van der Waals surface area contributed by atoms with Crippen LogP contribution in [0.4, 0.5) is 0 Å². The fourth-order valence-corrected chi connectivity index (χ4v) is 3.26. The lowest BCUT2D eigenvalue weighted by Gasteiger charge is -2.28. The molecule has 2 N–H and O–H groups in total. The van der Waals surface area contributed by atoms with Crippen molar-refractivity contribution in [3.63, 3.8) is 0 Å². The van der Waals surface area contributed by atoms with Crippen LogP contribution in [0.2, 0.25) is 0 Å². The molecule has 1 aliphatic carbocycles. The van der Waals surface area contributed by atoms with Gasteiger partial charge in [-0.3, -0.25) is 4.79 Å². The molecule has 0 spiro atoms. The van der Waals surface area contributed by atoms with E-state index in [1.807, 2.05) is 0 Å². The van der Waals surface area contributed by atoms with E-state index in [4.69, 9.17) is 0 Å². The first kappa shape index (κ1) is 12.9. The average Bonchev–Trinajstić information content (AvgIpc) is 2.30. The van der Waals surface area contributed by atoms with E-state index >= 15 is 0 Å². The van der Waals surface area contributed by atoms with E-state index in [1.54, 1.807) is 0 Å². The Kier molecular flexibility index (Phi) is 4.84. The first-order chi connectivity index (χ1) is 8.24. The van der Waals surface area contributed by atoms with Gasteiger partial charge in [-0.1, -0.05) is 19.8 Å². The van der Waals surface area contributed by atoms with Crippen LogP contribution in [0.25, 0.3) is 0 Å². The van der Waals surface area contributed by atoms with Gasteiger partial charge in [0, 0.05) is 12.5 Å². The third kappa shape index (κ3) is 4.30. The second-order valence-electron chi connectivity index (χ2n) is 5.93. The van der Waals surface area contributed by atoms with Crippen molar-refractivity contribution in [3.05, 3.63) is 0 Å². The highest BCUT2D eigenvalue weighted by Crippen LogP contribution is 2.30. The van der Waals surface area contributed by atoms with Crippen LogP contribution < -0.4 is 10.6 Å². The summed E-state index contributed by atoms with van der Waals surface area (Å²) in [7, 11) is 0. The standard InChI is InChI=1S/C14H26N2O/c1-11-3-2-4-12(9-11)10-14(17)16-13-5-7-15-8-6-13/h11-13,15H,2-10H2,1H3,(H,16,17). The zero-order valence-corrected chi connectivity index (χ0v) is 11.0. The van der Waals surface area contributed by atoms with Crippen molar-refractivity contribution in [2.45, 2.75) is 57.9 Å². The van der Waals surface area contributed by atoms with Gasteiger partial charge in [0.15, 0.2) is 0 Å². The van der Waals surface area contributed by atoms with Crippen molar-refractivity contribution in [2.24, 2.45) is 11.8 Å². The minimum atomic E-state index is 0.288. The van der Waals surface area contributed by atoms with Gasteiger partial charge in [-0.25, -0.2) is 0 Å². The van der Waals surface area contributed by atoms with E-state index in [2.05, 4.69) is 17.6 Å². The van der Waals surface area contributed by atoms with Gasteiger partial charge in [0.1, 0.15) is 0 Å². The minimum absolute atomic E-state index is 0.288. The third-order valence-corrected chi connectivity index (χ3v) is 4.22. The predicted molar refractivity (Wildman–Crippen MR) is 69.8 cm³/mol. The van der Waals surface area contributed by atoms with Crippen LogP contribution in [0.15, 0.2) is 0 Å². The summed E-state index contributed by atoms with van der Waals surface area (Å²) in [5.41, 5.74) is 0. The lowest BCUT2D eigenvalue weighted by molar-refractivity contribution is -0.123. The Balaban J connectivity index is 1.68. The number of rotatable bonds is 3. The largest absolute Gasteiger partial charge is 0.353 e. The lowest BCUT2D eigenvalue weighted by Crippen LogP contribution is -2.43. The number of hydrogen-bond acceptors (Lipinski definition) is 2. The number of carbonyl (C=O) groups excluding carboxylic acids is 1. The van der Waals surface area contributed by atoms with Crippen molar-refractivity contribution in [1.29, 1.82) is 0 Å². The van der Waals surface area contributed by atoms with Gasteiger partial charge in [-0.05, 0) is 50.6 Å². The van der Waals surface area contributed by atoms with Gasteiger partial charge in [-0.15, -0.1) is 0 Å². The van der Waals surface area contributed by atoms with Crippen LogP contribution >= 0.6 is 0 Å². The fraction of sp³-hybridized carbons (Fsp3) is 0.929. The molecular weight excluding hydrogens is 212 g/mol. The highest BCUT2D eigenvalue weighted by molar-refractivity contribution is 5.76. The van der Waals surface area contributed by atoms with Crippen LogP contribution in [0.5, 0.6) is 0 Å². The van der Waals surface area contributed by atoms with Crippen molar-refractivity contribution in [3.8, 4) is 0 Å². The number of nitrogens with one attached hydrogen (secondary N) is 2. The van der Waals surface area contributed by atoms with E-state index in [0.717, 1.165) is 38.3 Å². The van der Waals surface area contributed by atoms with E-state index < -0.39 is 0 Å². The molecule has 3 heteroatoms. The Morgan fingerprint density at radius 3 is 2.71 bits per heavy atom. The molecule has 1 heterocycles. The van der Waals surface area contributed by atoms with Gasteiger partial charge in [-0.2, -0.15) is 0 Å². The normalized spacial score (nSPS) is 31.1. The van der Waals surface area contributed by atoms with E-state index in [-0.39, 0.29) is 5.91 Å². The van der Waals surface area contributed by atoms with Gasteiger partial charge < -0.3 is 10.6 Å². The maximum atomic E-state index is 12.0. The summed E-state index contributed by atoms with van der Waals surface area (Å²) in [4.78, 5) is 12.0. The molecule has 2 rings (SSSR count). The molecule has 98 valence electrons. The maximum Gasteiger partial charge on any atom is 0.220 e. The zero-order chi connectivity index (χ0) is 12.1. The number of carbonyl (C=O) groups is 1. The molecular formula is C14H26N2O. The first-order valence-corrected chi connectivity index (χ1v) is 7.24. The number of amides is 1. The Morgan fingerprint density at radius 1 is 1.24 bits per heavy atom. The molecule has 0 aromatic rings. The molecule has 1 saturated heterocycles. The Morgan fingerprint density at radius 2 is 2.00 bits per heavy atom. The monoisotopic (exact) mass is 238 g/mol. The van der Waals surface area contributed by atoms with Gasteiger partial charge >= 0.3 is 0 Å². The number of piperidine rings is 1. The molecule has 1 aliphatic heterocycles. The summed E-state index contributed by atoms with van der Waals surface area (Å²) in [5.74, 6) is 1.75. The third-order valence-electron chi connectivity index (χ3n) is 4.22. The van der Waals surface area contributed by atoms with Crippen LogP contribution in [0.3, 0.4) is 0 Å². The molecule has 0 bridgehead atoms. The van der Waals surface area contributed by atoms with Gasteiger partial charge in [0.2, 0.25) is 5.91 Å². The maximum absolute atomic E-state index is 12.0. The summed E-state index contributed by atoms with van der Waals surface area (Å²) >= 11 is 0. The van der Waals surface area contributed by atoms with Crippen molar-refractivity contribution >= 4 is 5.91 Å². The molecule has 2 unspecified atom stereocenters. The zero-order valence-electron chi connectivity index (χ0n) is 11.0. The van der Waals surface area contributed by atoms with Crippen LogP contribution in [-0.2, 0) is 4.79 Å². The minimum Gasteiger partial charge on any atom is -0.353 e. The summed E-state index contributed by atoms with van der Waals surface area (Å²) in [6.07, 6.45) is 8.11. The van der Waals surface area contributed by atoms with Crippen LogP contribution in [-0.4, -0.2) is 25.0 Å². The molecule has 0 radical (unpaired) electrons. The lowest BCUT2D eigenvalue weighted by atomic mass is 9.80. The molecule has 2 atom stereocenters. The summed E-state index contributed by atoms with van der Waals surface area (Å²) in [5, 5.41) is 6.53. The van der Waals surface area contributed by atoms with Crippen molar-refractivity contribution < 1.29 is 4.79 Å².